The highest BCUT2D eigenvalue weighted by molar-refractivity contribution is 5.91. The third-order valence-corrected chi connectivity index (χ3v) is 3.92. The van der Waals surface area contributed by atoms with Crippen LogP contribution in [0.1, 0.15) is 15.9 Å². The van der Waals surface area contributed by atoms with E-state index < -0.39 is 5.97 Å². The second kappa shape index (κ2) is 8.76. The van der Waals surface area contributed by atoms with Gasteiger partial charge in [0.25, 0.3) is 0 Å². The summed E-state index contributed by atoms with van der Waals surface area (Å²) in [4.78, 5) is 12.5. The summed E-state index contributed by atoms with van der Waals surface area (Å²) in [5.74, 6) is 1.41. The van der Waals surface area contributed by atoms with Crippen molar-refractivity contribution in [3.63, 3.8) is 0 Å². The second-order valence-electron chi connectivity index (χ2n) is 5.68. The molecule has 0 spiro atoms. The van der Waals surface area contributed by atoms with Crippen molar-refractivity contribution in [2.75, 3.05) is 14.2 Å². The molecule has 27 heavy (non-hydrogen) atoms. The molecule has 0 unspecified atom stereocenters. The number of para-hydroxylation sites is 2. The van der Waals surface area contributed by atoms with E-state index in [4.69, 9.17) is 18.9 Å². The minimum Gasteiger partial charge on any atom is -0.493 e. The molecule has 0 heterocycles. The van der Waals surface area contributed by atoms with Crippen molar-refractivity contribution in [1.82, 2.24) is 0 Å². The van der Waals surface area contributed by atoms with E-state index in [0.29, 0.717) is 23.7 Å². The van der Waals surface area contributed by atoms with E-state index in [0.717, 1.165) is 11.3 Å². The normalized spacial score (nSPS) is 10.1. The molecular weight excluding hydrogens is 344 g/mol. The molecule has 5 nitrogen and oxygen atoms in total. The summed E-state index contributed by atoms with van der Waals surface area (Å²) < 4.78 is 21.7. The number of carbonyl (C=O) groups is 1. The number of hydrogen-bond acceptors (Lipinski definition) is 5. The number of rotatable bonds is 7. The first kappa shape index (κ1) is 18.3. The summed E-state index contributed by atoms with van der Waals surface area (Å²) >= 11 is 0. The zero-order chi connectivity index (χ0) is 19.1. The van der Waals surface area contributed by atoms with Crippen LogP contribution in [-0.4, -0.2) is 20.2 Å². The first-order valence-corrected chi connectivity index (χ1v) is 8.41. The van der Waals surface area contributed by atoms with E-state index in [2.05, 4.69) is 0 Å². The summed E-state index contributed by atoms with van der Waals surface area (Å²) in [5.41, 5.74) is 1.37. The molecule has 0 saturated heterocycles. The van der Waals surface area contributed by atoms with Crippen LogP contribution in [0.15, 0.2) is 72.8 Å². The van der Waals surface area contributed by atoms with Crippen molar-refractivity contribution < 1.29 is 23.7 Å². The summed E-state index contributed by atoms with van der Waals surface area (Å²) in [6.45, 7) is 0.416. The van der Waals surface area contributed by atoms with Crippen molar-refractivity contribution >= 4 is 5.97 Å². The SMILES string of the molecule is COc1cccc(OC)c1OC(=O)c1ccc(COc2ccccc2)cc1. The molecule has 0 atom stereocenters. The van der Waals surface area contributed by atoms with Gasteiger partial charge in [-0.15, -0.1) is 0 Å². The summed E-state index contributed by atoms with van der Waals surface area (Å²) in [6, 6.07) is 21.8. The summed E-state index contributed by atoms with van der Waals surface area (Å²) in [7, 11) is 3.02. The smallest absolute Gasteiger partial charge is 0.343 e. The van der Waals surface area contributed by atoms with E-state index in [-0.39, 0.29) is 5.75 Å². The van der Waals surface area contributed by atoms with Gasteiger partial charge in [0, 0.05) is 0 Å². The van der Waals surface area contributed by atoms with Crippen molar-refractivity contribution in [1.29, 1.82) is 0 Å². The Morgan fingerprint density at radius 3 is 2.00 bits per heavy atom. The Morgan fingerprint density at radius 2 is 1.41 bits per heavy atom. The van der Waals surface area contributed by atoms with Gasteiger partial charge in [-0.2, -0.15) is 0 Å². The van der Waals surface area contributed by atoms with Crippen LogP contribution in [0.5, 0.6) is 23.0 Å². The van der Waals surface area contributed by atoms with Gasteiger partial charge in [-0.05, 0) is 42.0 Å². The lowest BCUT2D eigenvalue weighted by atomic mass is 10.1. The number of ether oxygens (including phenoxy) is 4. The largest absolute Gasteiger partial charge is 0.493 e. The Hall–Kier alpha value is -3.47. The van der Waals surface area contributed by atoms with E-state index in [1.165, 1.54) is 14.2 Å². The standard InChI is InChI=1S/C22H20O5/c1-24-19-9-6-10-20(25-2)21(19)27-22(23)17-13-11-16(12-14-17)15-26-18-7-4-3-5-8-18/h3-14H,15H2,1-2H3. The number of methoxy groups -OCH3 is 2. The molecular formula is C22H20O5. The van der Waals surface area contributed by atoms with Crippen LogP contribution in [0, 0.1) is 0 Å². The maximum absolute atomic E-state index is 12.5. The van der Waals surface area contributed by atoms with Crippen molar-refractivity contribution in [3.8, 4) is 23.0 Å². The molecule has 0 amide bonds. The molecule has 0 aromatic heterocycles. The third kappa shape index (κ3) is 4.58. The van der Waals surface area contributed by atoms with Crippen molar-refractivity contribution in [2.45, 2.75) is 6.61 Å². The number of hydrogen-bond donors (Lipinski definition) is 0. The van der Waals surface area contributed by atoms with Gasteiger partial charge in [-0.25, -0.2) is 4.79 Å². The Labute approximate surface area is 158 Å². The molecule has 3 aromatic carbocycles. The number of esters is 1. The monoisotopic (exact) mass is 364 g/mol. The van der Waals surface area contributed by atoms with E-state index >= 15 is 0 Å². The highest BCUT2D eigenvalue weighted by Crippen LogP contribution is 2.37. The first-order chi connectivity index (χ1) is 13.2. The zero-order valence-corrected chi connectivity index (χ0v) is 15.2. The molecule has 5 heteroatoms. The predicted octanol–water partition coefficient (Wildman–Crippen LogP) is 4.50. The molecule has 3 rings (SSSR count). The molecule has 0 aliphatic carbocycles. The molecule has 0 aliphatic rings. The van der Waals surface area contributed by atoms with Gasteiger partial charge in [0.2, 0.25) is 5.75 Å². The maximum Gasteiger partial charge on any atom is 0.343 e. The maximum atomic E-state index is 12.5. The van der Waals surface area contributed by atoms with E-state index in [9.17, 15) is 4.79 Å². The molecule has 0 N–H and O–H groups in total. The Balaban J connectivity index is 1.68. The topological polar surface area (TPSA) is 54.0 Å². The van der Waals surface area contributed by atoms with Gasteiger partial charge in [0.05, 0.1) is 19.8 Å². The molecule has 0 aliphatic heterocycles. The Bertz CT molecular complexity index is 866. The summed E-state index contributed by atoms with van der Waals surface area (Å²) in [6.07, 6.45) is 0. The second-order valence-corrected chi connectivity index (χ2v) is 5.68. The molecule has 0 fully saturated rings. The lowest BCUT2D eigenvalue weighted by Crippen LogP contribution is -2.10. The molecule has 3 aromatic rings. The fraction of sp³-hybridized carbons (Fsp3) is 0.136. The fourth-order valence-corrected chi connectivity index (χ4v) is 2.49. The van der Waals surface area contributed by atoms with Crippen LogP contribution < -0.4 is 18.9 Å². The minimum atomic E-state index is -0.492. The highest BCUT2D eigenvalue weighted by Gasteiger charge is 2.17. The number of benzene rings is 3. The van der Waals surface area contributed by atoms with E-state index in [1.54, 1.807) is 30.3 Å². The highest BCUT2D eigenvalue weighted by atomic mass is 16.6. The van der Waals surface area contributed by atoms with Gasteiger partial charge < -0.3 is 18.9 Å². The molecule has 138 valence electrons. The zero-order valence-electron chi connectivity index (χ0n) is 15.2. The summed E-state index contributed by atoms with van der Waals surface area (Å²) in [5, 5.41) is 0. The Kier molecular flexibility index (Phi) is 5.94. The quantitative estimate of drug-likeness (QED) is 0.456. The lowest BCUT2D eigenvalue weighted by molar-refractivity contribution is 0.0724. The predicted molar refractivity (Wildman–Crippen MR) is 102 cm³/mol. The van der Waals surface area contributed by atoms with E-state index in [1.807, 2.05) is 42.5 Å². The molecule has 0 saturated carbocycles. The van der Waals surface area contributed by atoms with Gasteiger partial charge >= 0.3 is 5.97 Å². The number of carbonyl (C=O) groups excluding carboxylic acids is 1. The lowest BCUT2D eigenvalue weighted by Gasteiger charge is -2.13. The van der Waals surface area contributed by atoms with Crippen molar-refractivity contribution in [3.05, 3.63) is 83.9 Å². The van der Waals surface area contributed by atoms with Crippen molar-refractivity contribution in [2.24, 2.45) is 0 Å². The average Bonchev–Trinajstić information content (AvgIpc) is 2.73. The van der Waals surface area contributed by atoms with Crippen LogP contribution in [0.2, 0.25) is 0 Å². The fourth-order valence-electron chi connectivity index (χ4n) is 2.49. The minimum absolute atomic E-state index is 0.254. The van der Waals surface area contributed by atoms with Gasteiger partial charge in [0.15, 0.2) is 11.5 Å². The van der Waals surface area contributed by atoms with Gasteiger partial charge in [-0.3, -0.25) is 0 Å². The molecule has 0 bridgehead atoms. The van der Waals surface area contributed by atoms with Gasteiger partial charge in [0.1, 0.15) is 12.4 Å². The van der Waals surface area contributed by atoms with Crippen LogP contribution >= 0.6 is 0 Å². The van der Waals surface area contributed by atoms with Crippen LogP contribution in [0.25, 0.3) is 0 Å². The first-order valence-electron chi connectivity index (χ1n) is 8.41. The Morgan fingerprint density at radius 1 is 0.778 bits per heavy atom. The van der Waals surface area contributed by atoms with Gasteiger partial charge in [-0.1, -0.05) is 36.4 Å². The molecule has 0 radical (unpaired) electrons. The van der Waals surface area contributed by atoms with Crippen LogP contribution in [0.3, 0.4) is 0 Å². The third-order valence-electron chi connectivity index (χ3n) is 3.92. The van der Waals surface area contributed by atoms with Crippen LogP contribution in [-0.2, 0) is 6.61 Å². The average molecular weight is 364 g/mol. The van der Waals surface area contributed by atoms with Crippen LogP contribution in [0.4, 0.5) is 0 Å².